The first-order chi connectivity index (χ1) is 7.79. The minimum atomic E-state index is -0.258. The Hall–Kier alpha value is -0.510. The van der Waals surface area contributed by atoms with Crippen LogP contribution in [0.25, 0.3) is 0 Å². The van der Waals surface area contributed by atoms with Crippen LogP contribution in [0.15, 0.2) is 0 Å². The Labute approximate surface area is 108 Å². The van der Waals surface area contributed by atoms with Gasteiger partial charge in [-0.25, -0.2) is 0 Å². The Morgan fingerprint density at radius 3 is 2.29 bits per heavy atom. The number of hydrogen-bond donors (Lipinski definition) is 0. The van der Waals surface area contributed by atoms with Crippen molar-refractivity contribution < 1.29 is 14.3 Å². The summed E-state index contributed by atoms with van der Waals surface area (Å²) in [6.07, 6.45) is 2.66. The number of carbonyl (C=O) groups excluding carboxylic acids is 2. The molecule has 0 amide bonds. The molecule has 0 aromatic carbocycles. The van der Waals surface area contributed by atoms with Gasteiger partial charge >= 0.3 is 5.97 Å². The van der Waals surface area contributed by atoms with Crippen LogP contribution < -0.4 is 0 Å². The van der Waals surface area contributed by atoms with Crippen LogP contribution >= 0.6 is 11.8 Å². The van der Waals surface area contributed by atoms with E-state index in [1.807, 2.05) is 20.8 Å². The van der Waals surface area contributed by atoms with Gasteiger partial charge in [-0.3, -0.25) is 9.59 Å². The molecule has 98 valence electrons. The van der Waals surface area contributed by atoms with Crippen molar-refractivity contribution in [2.75, 3.05) is 18.6 Å². The molecule has 1 rings (SSSR count). The molecule has 0 bridgehead atoms. The van der Waals surface area contributed by atoms with Gasteiger partial charge in [0.2, 0.25) is 0 Å². The average Bonchev–Trinajstić information content (AvgIpc) is 2.96. The minimum absolute atomic E-state index is 0.121. The predicted molar refractivity (Wildman–Crippen MR) is 70.1 cm³/mol. The predicted octanol–water partition coefficient (Wildman–Crippen LogP) is 2.68. The van der Waals surface area contributed by atoms with Gasteiger partial charge < -0.3 is 4.74 Å². The molecule has 0 spiro atoms. The van der Waals surface area contributed by atoms with Gasteiger partial charge in [0.1, 0.15) is 5.78 Å². The number of Topliss-reactive ketones (excluding diaryl/α,β-unsaturated/α-hetero) is 1. The largest absolute Gasteiger partial charge is 0.469 e. The molecule has 0 heterocycles. The van der Waals surface area contributed by atoms with E-state index >= 15 is 0 Å². The van der Waals surface area contributed by atoms with Crippen molar-refractivity contribution in [1.82, 2.24) is 0 Å². The van der Waals surface area contributed by atoms with Crippen LogP contribution in [0.1, 0.15) is 40.0 Å². The third-order valence-electron chi connectivity index (χ3n) is 3.18. The maximum Gasteiger partial charge on any atom is 0.306 e. The van der Waals surface area contributed by atoms with Crippen molar-refractivity contribution in [3.05, 3.63) is 0 Å². The van der Waals surface area contributed by atoms with Crippen molar-refractivity contribution >= 4 is 23.5 Å². The van der Waals surface area contributed by atoms with Gasteiger partial charge in [0.05, 0.1) is 19.3 Å². The van der Waals surface area contributed by atoms with Crippen LogP contribution in [0.4, 0.5) is 0 Å². The summed E-state index contributed by atoms with van der Waals surface area (Å²) in [6.45, 7) is 5.83. The monoisotopic (exact) mass is 258 g/mol. The molecule has 1 aliphatic carbocycles. The lowest BCUT2D eigenvalue weighted by molar-refractivity contribution is -0.141. The van der Waals surface area contributed by atoms with Crippen LogP contribution in [-0.4, -0.2) is 30.4 Å². The first kappa shape index (κ1) is 14.6. The number of rotatable bonds is 6. The molecule has 0 N–H and O–H groups in total. The van der Waals surface area contributed by atoms with Crippen LogP contribution in [-0.2, 0) is 14.3 Å². The van der Waals surface area contributed by atoms with E-state index in [1.165, 1.54) is 7.11 Å². The molecule has 0 atom stereocenters. The van der Waals surface area contributed by atoms with Crippen LogP contribution in [0.5, 0.6) is 0 Å². The smallest absolute Gasteiger partial charge is 0.306 e. The molecule has 0 saturated heterocycles. The Morgan fingerprint density at radius 1 is 1.29 bits per heavy atom. The van der Waals surface area contributed by atoms with E-state index in [0.717, 1.165) is 18.6 Å². The molecule has 0 radical (unpaired) electrons. The fourth-order valence-electron chi connectivity index (χ4n) is 1.50. The Bertz CT molecular complexity index is 300. The maximum absolute atomic E-state index is 11.7. The average molecular weight is 258 g/mol. The molecule has 0 aromatic heterocycles. The second kappa shape index (κ2) is 5.42. The molecule has 17 heavy (non-hydrogen) atoms. The number of ether oxygens (including phenoxy) is 1. The Kier molecular flexibility index (Phi) is 4.64. The lowest BCUT2D eigenvalue weighted by Crippen LogP contribution is -2.23. The number of hydrogen-bond acceptors (Lipinski definition) is 4. The van der Waals surface area contributed by atoms with E-state index in [9.17, 15) is 9.59 Å². The zero-order valence-electron chi connectivity index (χ0n) is 11.2. The lowest BCUT2D eigenvalue weighted by atomic mass is 9.92. The van der Waals surface area contributed by atoms with Gasteiger partial charge in [-0.15, -0.1) is 0 Å². The minimum Gasteiger partial charge on any atom is -0.469 e. The number of methoxy groups -OCH3 is 1. The van der Waals surface area contributed by atoms with Gasteiger partial charge in [-0.05, 0) is 24.0 Å². The molecule has 3 nitrogen and oxygen atoms in total. The summed E-state index contributed by atoms with van der Waals surface area (Å²) < 4.78 is 4.69. The van der Waals surface area contributed by atoms with Crippen LogP contribution in [0.3, 0.4) is 0 Å². The molecule has 0 unspecified atom stereocenters. The summed E-state index contributed by atoms with van der Waals surface area (Å²) in [6, 6.07) is 0. The van der Waals surface area contributed by atoms with E-state index in [2.05, 4.69) is 0 Å². The fraction of sp³-hybridized carbons (Fsp3) is 0.846. The molecule has 4 heteroatoms. The standard InChI is InChI=1S/C13H22O3S/c1-12(2,3)10(14)8-17-9-13(5-6-13)7-11(15)16-4/h5-9H2,1-4H3. The Balaban J connectivity index is 2.27. The lowest BCUT2D eigenvalue weighted by Gasteiger charge is -2.17. The van der Waals surface area contributed by atoms with E-state index in [1.54, 1.807) is 11.8 Å². The summed E-state index contributed by atoms with van der Waals surface area (Å²) in [7, 11) is 1.43. The van der Waals surface area contributed by atoms with Gasteiger partial charge in [0.15, 0.2) is 0 Å². The van der Waals surface area contributed by atoms with Crippen molar-refractivity contribution in [3.8, 4) is 0 Å². The second-order valence-electron chi connectivity index (χ2n) is 5.92. The van der Waals surface area contributed by atoms with Gasteiger partial charge in [0.25, 0.3) is 0 Å². The van der Waals surface area contributed by atoms with Crippen LogP contribution in [0, 0.1) is 10.8 Å². The number of ketones is 1. The van der Waals surface area contributed by atoms with E-state index in [4.69, 9.17) is 4.74 Å². The normalized spacial score (nSPS) is 17.6. The number of carbonyl (C=O) groups is 2. The highest BCUT2D eigenvalue weighted by Crippen LogP contribution is 2.51. The molecule has 0 aliphatic heterocycles. The molecular formula is C13H22O3S. The summed E-state index contributed by atoms with van der Waals surface area (Å²) in [5.41, 5.74) is -0.137. The zero-order chi connectivity index (χ0) is 13.1. The quantitative estimate of drug-likeness (QED) is 0.687. The third kappa shape index (κ3) is 4.70. The van der Waals surface area contributed by atoms with E-state index in [0.29, 0.717) is 12.2 Å². The van der Waals surface area contributed by atoms with Crippen LogP contribution in [0.2, 0.25) is 0 Å². The number of thioether (sulfide) groups is 1. The molecule has 1 saturated carbocycles. The molecule has 1 fully saturated rings. The summed E-state index contributed by atoms with van der Waals surface area (Å²) in [5, 5.41) is 0. The Morgan fingerprint density at radius 2 is 1.88 bits per heavy atom. The molecular weight excluding hydrogens is 236 g/mol. The molecule has 1 aliphatic rings. The van der Waals surface area contributed by atoms with Crippen molar-refractivity contribution in [1.29, 1.82) is 0 Å². The van der Waals surface area contributed by atoms with Gasteiger partial charge in [-0.1, -0.05) is 20.8 Å². The summed E-state index contributed by atoms with van der Waals surface area (Å²) in [4.78, 5) is 23.0. The highest BCUT2D eigenvalue weighted by molar-refractivity contribution is 8.00. The van der Waals surface area contributed by atoms with Gasteiger partial charge in [-0.2, -0.15) is 11.8 Å². The highest BCUT2D eigenvalue weighted by atomic mass is 32.2. The zero-order valence-corrected chi connectivity index (χ0v) is 12.0. The second-order valence-corrected chi connectivity index (χ2v) is 6.90. The van der Waals surface area contributed by atoms with Crippen molar-refractivity contribution in [2.45, 2.75) is 40.0 Å². The van der Waals surface area contributed by atoms with Crippen molar-refractivity contribution in [2.24, 2.45) is 10.8 Å². The summed E-state index contributed by atoms with van der Waals surface area (Å²) in [5.74, 6) is 1.58. The van der Waals surface area contributed by atoms with E-state index < -0.39 is 0 Å². The first-order valence-corrected chi connectivity index (χ1v) is 7.12. The third-order valence-corrected chi connectivity index (χ3v) is 4.46. The SMILES string of the molecule is COC(=O)CC1(CSCC(=O)C(C)(C)C)CC1. The van der Waals surface area contributed by atoms with Gasteiger partial charge in [0, 0.05) is 5.41 Å². The first-order valence-electron chi connectivity index (χ1n) is 5.97. The summed E-state index contributed by atoms with van der Waals surface area (Å²) >= 11 is 1.65. The maximum atomic E-state index is 11.7. The molecule has 0 aromatic rings. The number of esters is 1. The highest BCUT2D eigenvalue weighted by Gasteiger charge is 2.44. The topological polar surface area (TPSA) is 43.4 Å². The fourth-order valence-corrected chi connectivity index (χ4v) is 3.05. The van der Waals surface area contributed by atoms with Crippen molar-refractivity contribution in [3.63, 3.8) is 0 Å². The van der Waals surface area contributed by atoms with E-state index in [-0.39, 0.29) is 22.6 Å².